The van der Waals surface area contributed by atoms with Crippen molar-refractivity contribution in [2.24, 2.45) is 5.92 Å². The van der Waals surface area contributed by atoms with Crippen molar-refractivity contribution in [3.05, 3.63) is 14.7 Å². The zero-order valence-electron chi connectivity index (χ0n) is 10.5. The van der Waals surface area contributed by atoms with Crippen LogP contribution in [-0.2, 0) is 14.8 Å². The van der Waals surface area contributed by atoms with E-state index in [1.165, 1.54) is 6.07 Å². The molecule has 0 amide bonds. The fourth-order valence-corrected chi connectivity index (χ4v) is 6.25. The van der Waals surface area contributed by atoms with Gasteiger partial charge in [-0.3, -0.25) is 4.79 Å². The topological polar surface area (TPSA) is 74.7 Å². The number of sulfonamides is 1. The molecule has 1 aromatic heterocycles. The van der Waals surface area contributed by atoms with Crippen LogP contribution in [0.2, 0.25) is 8.67 Å². The average Bonchev–Trinajstić information content (AvgIpc) is 2.68. The van der Waals surface area contributed by atoms with Crippen molar-refractivity contribution in [3.8, 4) is 0 Å². The Balaban J connectivity index is 2.46. The summed E-state index contributed by atoms with van der Waals surface area (Å²) in [5, 5.41) is 9.30. The number of aliphatic carboxylic acids is 1. The van der Waals surface area contributed by atoms with Crippen LogP contribution < -0.4 is 0 Å². The van der Waals surface area contributed by atoms with Gasteiger partial charge in [0, 0.05) is 6.54 Å². The number of carbonyl (C=O) groups is 1. The number of piperidine rings is 1. The van der Waals surface area contributed by atoms with E-state index in [0.717, 1.165) is 15.6 Å². The van der Waals surface area contributed by atoms with Gasteiger partial charge in [0.05, 0.1) is 4.34 Å². The molecular formula is C11H13Cl2NO4S2. The fourth-order valence-electron chi connectivity index (χ4n) is 2.41. The number of nitrogens with zero attached hydrogens (tertiary/aromatic N) is 1. The van der Waals surface area contributed by atoms with E-state index in [0.29, 0.717) is 12.8 Å². The standard InChI is InChI=1S/C11H13Cl2NO4S2/c1-6-3-2-4-14(9(6)11(15)16)20(17,18)7-5-8(12)19-10(7)13/h5-6,9H,2-4H2,1H3,(H,15,16). The van der Waals surface area contributed by atoms with E-state index in [4.69, 9.17) is 23.2 Å². The van der Waals surface area contributed by atoms with Crippen LogP contribution in [0.4, 0.5) is 0 Å². The smallest absolute Gasteiger partial charge is 0.322 e. The highest BCUT2D eigenvalue weighted by molar-refractivity contribution is 7.89. The largest absolute Gasteiger partial charge is 0.480 e. The third-order valence-corrected chi connectivity index (χ3v) is 6.99. The molecule has 1 N–H and O–H groups in total. The van der Waals surface area contributed by atoms with Gasteiger partial charge in [0.25, 0.3) is 0 Å². The molecular weight excluding hydrogens is 345 g/mol. The minimum absolute atomic E-state index is 0.0531. The Labute approximate surface area is 131 Å². The lowest BCUT2D eigenvalue weighted by Gasteiger charge is -2.36. The van der Waals surface area contributed by atoms with Crippen molar-refractivity contribution in [2.45, 2.75) is 30.7 Å². The van der Waals surface area contributed by atoms with Crippen molar-refractivity contribution in [1.82, 2.24) is 4.31 Å². The maximum atomic E-state index is 12.6. The quantitative estimate of drug-likeness (QED) is 0.902. The average molecular weight is 358 g/mol. The Morgan fingerprint density at radius 1 is 1.50 bits per heavy atom. The molecule has 0 bridgehead atoms. The summed E-state index contributed by atoms with van der Waals surface area (Å²) in [6.45, 7) is 1.91. The Hall–Kier alpha value is -0.340. The van der Waals surface area contributed by atoms with Crippen LogP contribution in [0.5, 0.6) is 0 Å². The van der Waals surface area contributed by atoms with Crippen molar-refractivity contribution in [1.29, 1.82) is 0 Å². The maximum Gasteiger partial charge on any atom is 0.322 e. The number of rotatable bonds is 3. The minimum atomic E-state index is -3.95. The highest BCUT2D eigenvalue weighted by Gasteiger charge is 2.42. The van der Waals surface area contributed by atoms with Crippen molar-refractivity contribution < 1.29 is 18.3 Å². The predicted octanol–water partition coefficient (Wildman–Crippen LogP) is 2.93. The summed E-state index contributed by atoms with van der Waals surface area (Å²) in [6, 6.07) is 0.200. The van der Waals surface area contributed by atoms with E-state index in [-0.39, 0.29) is 26.0 Å². The molecule has 5 nitrogen and oxygen atoms in total. The number of thiophene rings is 1. The monoisotopic (exact) mass is 357 g/mol. The zero-order valence-corrected chi connectivity index (χ0v) is 13.7. The van der Waals surface area contributed by atoms with E-state index in [1.807, 2.05) is 0 Å². The molecule has 112 valence electrons. The van der Waals surface area contributed by atoms with E-state index < -0.39 is 22.0 Å². The van der Waals surface area contributed by atoms with Gasteiger partial charge in [-0.25, -0.2) is 8.42 Å². The number of hydrogen-bond acceptors (Lipinski definition) is 4. The molecule has 0 aromatic carbocycles. The Morgan fingerprint density at radius 2 is 2.15 bits per heavy atom. The van der Waals surface area contributed by atoms with Gasteiger partial charge in [-0.15, -0.1) is 11.3 Å². The lowest BCUT2D eigenvalue weighted by molar-refractivity contribution is -0.144. The summed E-state index contributed by atoms with van der Waals surface area (Å²) in [5.74, 6) is -1.39. The van der Waals surface area contributed by atoms with Crippen LogP contribution in [0, 0.1) is 5.92 Å². The van der Waals surface area contributed by atoms with Crippen LogP contribution in [0.3, 0.4) is 0 Å². The van der Waals surface area contributed by atoms with E-state index in [1.54, 1.807) is 6.92 Å². The number of hydrogen-bond donors (Lipinski definition) is 1. The minimum Gasteiger partial charge on any atom is -0.480 e. The van der Waals surface area contributed by atoms with Gasteiger partial charge >= 0.3 is 5.97 Å². The third-order valence-electron chi connectivity index (χ3n) is 3.35. The molecule has 1 saturated heterocycles. The van der Waals surface area contributed by atoms with Crippen LogP contribution in [0.25, 0.3) is 0 Å². The lowest BCUT2D eigenvalue weighted by Crippen LogP contribution is -2.51. The molecule has 9 heteroatoms. The highest BCUT2D eigenvalue weighted by Crippen LogP contribution is 2.38. The third kappa shape index (κ3) is 2.82. The summed E-state index contributed by atoms with van der Waals surface area (Å²) >= 11 is 12.6. The van der Waals surface area contributed by atoms with Gasteiger partial charge in [0.2, 0.25) is 10.0 Å². The lowest BCUT2D eigenvalue weighted by atomic mass is 9.93. The van der Waals surface area contributed by atoms with E-state index in [2.05, 4.69) is 0 Å². The second kappa shape index (κ2) is 5.81. The maximum absolute atomic E-state index is 12.6. The van der Waals surface area contributed by atoms with Gasteiger partial charge < -0.3 is 5.11 Å². The first-order valence-electron chi connectivity index (χ1n) is 5.94. The Morgan fingerprint density at radius 3 is 2.65 bits per heavy atom. The first kappa shape index (κ1) is 16.0. The van der Waals surface area contributed by atoms with Crippen molar-refractivity contribution >= 4 is 50.5 Å². The molecule has 2 atom stereocenters. The number of carboxylic acids is 1. The normalized spacial score (nSPS) is 24.8. The highest BCUT2D eigenvalue weighted by atomic mass is 35.5. The molecule has 2 unspecified atom stereocenters. The van der Waals surface area contributed by atoms with Gasteiger partial charge in [0.15, 0.2) is 0 Å². The Kier molecular flexibility index (Phi) is 4.66. The molecule has 20 heavy (non-hydrogen) atoms. The first-order valence-corrected chi connectivity index (χ1v) is 8.96. The fraction of sp³-hybridized carbons (Fsp3) is 0.545. The summed E-state index contributed by atoms with van der Waals surface area (Å²) in [7, 11) is -3.95. The van der Waals surface area contributed by atoms with Crippen molar-refractivity contribution in [2.75, 3.05) is 6.54 Å². The SMILES string of the molecule is CC1CCCN(S(=O)(=O)c2cc(Cl)sc2Cl)C1C(=O)O. The molecule has 1 fully saturated rings. The predicted molar refractivity (Wildman–Crippen MR) is 78.1 cm³/mol. The van der Waals surface area contributed by atoms with Crippen LogP contribution in [0.15, 0.2) is 11.0 Å². The van der Waals surface area contributed by atoms with Gasteiger partial charge in [-0.1, -0.05) is 30.1 Å². The van der Waals surface area contributed by atoms with E-state index >= 15 is 0 Å². The summed E-state index contributed by atoms with van der Waals surface area (Å²) < 4.78 is 26.5. The van der Waals surface area contributed by atoms with Gasteiger partial charge in [-0.05, 0) is 24.8 Å². The van der Waals surface area contributed by atoms with Crippen LogP contribution in [-0.4, -0.2) is 36.4 Å². The molecule has 2 heterocycles. The molecule has 2 rings (SSSR count). The molecule has 1 aliphatic heterocycles. The summed E-state index contributed by atoms with van der Waals surface area (Å²) in [4.78, 5) is 11.3. The number of carboxylic acid groups (broad SMARTS) is 1. The van der Waals surface area contributed by atoms with E-state index in [9.17, 15) is 18.3 Å². The number of halogens is 2. The second-order valence-electron chi connectivity index (χ2n) is 4.71. The molecule has 1 aliphatic rings. The molecule has 0 radical (unpaired) electrons. The zero-order chi connectivity index (χ0) is 15.1. The van der Waals surface area contributed by atoms with Crippen molar-refractivity contribution in [3.63, 3.8) is 0 Å². The van der Waals surface area contributed by atoms with Gasteiger partial charge in [0.1, 0.15) is 15.3 Å². The molecule has 0 spiro atoms. The Bertz CT molecular complexity index is 628. The van der Waals surface area contributed by atoms with Gasteiger partial charge in [-0.2, -0.15) is 4.31 Å². The first-order chi connectivity index (χ1) is 9.25. The summed E-state index contributed by atoms with van der Waals surface area (Å²) in [5.41, 5.74) is 0. The molecule has 0 aliphatic carbocycles. The molecule has 1 aromatic rings. The molecule has 0 saturated carbocycles. The van der Waals surface area contributed by atoms with Crippen LogP contribution in [0.1, 0.15) is 19.8 Å². The summed E-state index contributed by atoms with van der Waals surface area (Å²) in [6.07, 6.45) is 1.31. The van der Waals surface area contributed by atoms with Crippen LogP contribution >= 0.6 is 34.5 Å². The second-order valence-corrected chi connectivity index (χ2v) is 8.85.